The lowest BCUT2D eigenvalue weighted by molar-refractivity contribution is 0.0696. The van der Waals surface area contributed by atoms with Gasteiger partial charge in [-0.2, -0.15) is 0 Å². The van der Waals surface area contributed by atoms with Gasteiger partial charge >= 0.3 is 5.97 Å². The molecule has 0 aromatic heterocycles. The van der Waals surface area contributed by atoms with E-state index in [1.54, 1.807) is 37.4 Å². The van der Waals surface area contributed by atoms with E-state index in [-0.39, 0.29) is 5.56 Å². The van der Waals surface area contributed by atoms with Gasteiger partial charge in [0.05, 0.1) is 12.7 Å². The van der Waals surface area contributed by atoms with Gasteiger partial charge in [0.25, 0.3) is 0 Å². The average molecular weight is 342 g/mol. The highest BCUT2D eigenvalue weighted by Crippen LogP contribution is 2.34. The zero-order chi connectivity index (χ0) is 14.0. The van der Waals surface area contributed by atoms with Crippen LogP contribution in [0.4, 0.5) is 0 Å². The number of halogens is 2. The van der Waals surface area contributed by atoms with Gasteiger partial charge in [0.15, 0.2) is 0 Å². The second-order valence-corrected chi connectivity index (χ2v) is 5.14. The van der Waals surface area contributed by atoms with E-state index in [2.05, 4.69) is 15.9 Å². The van der Waals surface area contributed by atoms with Crippen molar-refractivity contribution in [1.82, 2.24) is 0 Å². The largest absolute Gasteiger partial charge is 0.496 e. The van der Waals surface area contributed by atoms with E-state index in [1.165, 1.54) is 0 Å². The molecular formula is C14H10BrClO3. The molecule has 0 unspecified atom stereocenters. The Morgan fingerprint density at radius 1 is 1.26 bits per heavy atom. The lowest BCUT2D eigenvalue weighted by atomic mass is 10.0. The van der Waals surface area contributed by atoms with Gasteiger partial charge in [0, 0.05) is 15.1 Å². The van der Waals surface area contributed by atoms with Crippen LogP contribution in [0.15, 0.2) is 40.9 Å². The average Bonchev–Trinajstić information content (AvgIpc) is 2.39. The van der Waals surface area contributed by atoms with Gasteiger partial charge in [0.1, 0.15) is 5.75 Å². The minimum atomic E-state index is -0.991. The zero-order valence-electron chi connectivity index (χ0n) is 9.98. The summed E-state index contributed by atoms with van der Waals surface area (Å²) in [4.78, 5) is 11.1. The molecule has 0 aliphatic carbocycles. The van der Waals surface area contributed by atoms with Gasteiger partial charge in [-0.15, -0.1) is 0 Å². The summed E-state index contributed by atoms with van der Waals surface area (Å²) in [6, 6.07) is 10.3. The third kappa shape index (κ3) is 2.91. The summed E-state index contributed by atoms with van der Waals surface area (Å²) in [6.07, 6.45) is 0. The molecule has 0 radical (unpaired) electrons. The second-order valence-electron chi connectivity index (χ2n) is 3.84. The molecule has 0 saturated carbocycles. The monoisotopic (exact) mass is 340 g/mol. The minimum absolute atomic E-state index is 0.194. The number of carboxylic acid groups (broad SMARTS) is 1. The number of ether oxygens (including phenoxy) is 1. The van der Waals surface area contributed by atoms with Crippen molar-refractivity contribution in [3.05, 3.63) is 51.5 Å². The Morgan fingerprint density at radius 2 is 2.00 bits per heavy atom. The van der Waals surface area contributed by atoms with Crippen molar-refractivity contribution in [2.75, 3.05) is 7.11 Å². The van der Waals surface area contributed by atoms with E-state index < -0.39 is 5.97 Å². The fraction of sp³-hybridized carbons (Fsp3) is 0.0714. The zero-order valence-corrected chi connectivity index (χ0v) is 12.3. The van der Waals surface area contributed by atoms with Crippen LogP contribution in [0.5, 0.6) is 5.75 Å². The molecule has 1 N–H and O–H groups in total. The Balaban J connectivity index is 2.62. The quantitative estimate of drug-likeness (QED) is 0.895. The third-order valence-electron chi connectivity index (χ3n) is 2.67. The van der Waals surface area contributed by atoms with E-state index in [0.29, 0.717) is 15.2 Å². The summed E-state index contributed by atoms with van der Waals surface area (Å²) in [6.45, 7) is 0. The van der Waals surface area contributed by atoms with Gasteiger partial charge in [-0.3, -0.25) is 0 Å². The predicted octanol–water partition coefficient (Wildman–Crippen LogP) is 4.48. The maximum Gasteiger partial charge on any atom is 0.336 e. The molecule has 98 valence electrons. The fourth-order valence-corrected chi connectivity index (χ4v) is 2.35. The molecule has 0 heterocycles. The number of methoxy groups -OCH3 is 1. The first-order chi connectivity index (χ1) is 9.02. The van der Waals surface area contributed by atoms with Crippen LogP contribution in [0.25, 0.3) is 11.1 Å². The van der Waals surface area contributed by atoms with Gasteiger partial charge in [-0.1, -0.05) is 17.7 Å². The van der Waals surface area contributed by atoms with Crippen LogP contribution in [-0.4, -0.2) is 18.2 Å². The highest BCUT2D eigenvalue weighted by molar-refractivity contribution is 9.10. The van der Waals surface area contributed by atoms with E-state index in [4.69, 9.17) is 21.4 Å². The van der Waals surface area contributed by atoms with Gasteiger partial charge in [0.2, 0.25) is 0 Å². The van der Waals surface area contributed by atoms with Crippen LogP contribution >= 0.6 is 27.5 Å². The minimum Gasteiger partial charge on any atom is -0.496 e. The fourth-order valence-electron chi connectivity index (χ4n) is 1.76. The Labute approximate surface area is 123 Å². The molecule has 0 amide bonds. The molecule has 0 saturated heterocycles. The third-order valence-corrected chi connectivity index (χ3v) is 3.60. The Kier molecular flexibility index (Phi) is 4.12. The van der Waals surface area contributed by atoms with Crippen LogP contribution in [0.1, 0.15) is 10.4 Å². The summed E-state index contributed by atoms with van der Waals surface area (Å²) in [5.74, 6) is -0.349. The first kappa shape index (κ1) is 13.9. The summed E-state index contributed by atoms with van der Waals surface area (Å²) in [5.41, 5.74) is 1.68. The number of rotatable bonds is 3. The number of hydrogen-bond acceptors (Lipinski definition) is 2. The molecule has 0 aliphatic heterocycles. The van der Waals surface area contributed by atoms with Crippen LogP contribution in [0, 0.1) is 0 Å². The summed E-state index contributed by atoms with van der Waals surface area (Å²) < 4.78 is 5.80. The number of benzene rings is 2. The van der Waals surface area contributed by atoms with Gasteiger partial charge in [-0.05, 0) is 51.8 Å². The number of carbonyl (C=O) groups is 1. The molecule has 0 aliphatic rings. The van der Waals surface area contributed by atoms with E-state index in [0.717, 1.165) is 11.1 Å². The van der Waals surface area contributed by atoms with Crippen molar-refractivity contribution in [2.24, 2.45) is 0 Å². The topological polar surface area (TPSA) is 46.5 Å². The molecule has 2 aromatic rings. The molecular weight excluding hydrogens is 332 g/mol. The van der Waals surface area contributed by atoms with Crippen molar-refractivity contribution in [1.29, 1.82) is 0 Å². The SMILES string of the molecule is COc1ccc(Cl)cc1-c1ccc(Br)c(C(=O)O)c1. The molecule has 5 heteroatoms. The lowest BCUT2D eigenvalue weighted by Gasteiger charge is -2.10. The van der Waals surface area contributed by atoms with Crippen molar-refractivity contribution in [2.45, 2.75) is 0 Å². The standard InChI is InChI=1S/C14H10BrClO3/c1-19-13-5-3-9(16)7-10(13)8-2-4-12(15)11(6-8)14(17)18/h2-7H,1H3,(H,17,18). The van der Waals surface area contributed by atoms with Crippen molar-refractivity contribution < 1.29 is 14.6 Å². The Bertz CT molecular complexity index is 641. The maximum absolute atomic E-state index is 11.1. The number of hydrogen-bond donors (Lipinski definition) is 1. The Morgan fingerprint density at radius 3 is 2.63 bits per heavy atom. The number of carboxylic acids is 1. The van der Waals surface area contributed by atoms with E-state index >= 15 is 0 Å². The first-order valence-electron chi connectivity index (χ1n) is 5.39. The van der Waals surface area contributed by atoms with Crippen molar-refractivity contribution in [3.8, 4) is 16.9 Å². The lowest BCUT2D eigenvalue weighted by Crippen LogP contribution is -1.98. The number of aromatic carboxylic acids is 1. The highest BCUT2D eigenvalue weighted by Gasteiger charge is 2.12. The summed E-state index contributed by atoms with van der Waals surface area (Å²) >= 11 is 9.19. The molecule has 2 aromatic carbocycles. The molecule has 19 heavy (non-hydrogen) atoms. The normalized spacial score (nSPS) is 10.3. The van der Waals surface area contributed by atoms with Crippen LogP contribution in [0.3, 0.4) is 0 Å². The predicted molar refractivity (Wildman–Crippen MR) is 78.1 cm³/mol. The summed E-state index contributed by atoms with van der Waals surface area (Å²) in [7, 11) is 1.56. The molecule has 0 fully saturated rings. The van der Waals surface area contributed by atoms with Crippen LogP contribution in [-0.2, 0) is 0 Å². The molecule has 0 spiro atoms. The molecule has 0 atom stereocenters. The van der Waals surface area contributed by atoms with Crippen molar-refractivity contribution >= 4 is 33.5 Å². The molecule has 3 nitrogen and oxygen atoms in total. The summed E-state index contributed by atoms with van der Waals surface area (Å²) in [5, 5.41) is 9.70. The molecule has 2 rings (SSSR count). The Hall–Kier alpha value is -1.52. The van der Waals surface area contributed by atoms with E-state index in [1.807, 2.05) is 6.07 Å². The molecule has 0 bridgehead atoms. The van der Waals surface area contributed by atoms with Crippen LogP contribution in [0.2, 0.25) is 5.02 Å². The van der Waals surface area contributed by atoms with Gasteiger partial charge in [-0.25, -0.2) is 4.79 Å². The van der Waals surface area contributed by atoms with Crippen molar-refractivity contribution in [3.63, 3.8) is 0 Å². The van der Waals surface area contributed by atoms with Crippen LogP contribution < -0.4 is 4.74 Å². The maximum atomic E-state index is 11.1. The smallest absolute Gasteiger partial charge is 0.336 e. The second kappa shape index (κ2) is 5.63. The van der Waals surface area contributed by atoms with E-state index in [9.17, 15) is 4.79 Å². The van der Waals surface area contributed by atoms with Gasteiger partial charge < -0.3 is 9.84 Å². The first-order valence-corrected chi connectivity index (χ1v) is 6.57. The highest BCUT2D eigenvalue weighted by atomic mass is 79.9.